The fraction of sp³-hybridized carbons (Fsp3) is 0.308. The van der Waals surface area contributed by atoms with Crippen LogP contribution >= 0.6 is 11.3 Å². The quantitative estimate of drug-likeness (QED) is 0.929. The van der Waals surface area contributed by atoms with Gasteiger partial charge in [0.25, 0.3) is 0 Å². The van der Waals surface area contributed by atoms with Gasteiger partial charge in [0, 0.05) is 23.4 Å². The van der Waals surface area contributed by atoms with Crippen molar-refractivity contribution in [2.45, 2.75) is 19.0 Å². The van der Waals surface area contributed by atoms with E-state index in [2.05, 4.69) is 4.98 Å². The Balaban J connectivity index is 2.34. The fourth-order valence-corrected chi connectivity index (χ4v) is 2.53. The Bertz CT molecular complexity index is 563. The summed E-state index contributed by atoms with van der Waals surface area (Å²) in [6, 6.07) is 5.20. The Morgan fingerprint density at radius 1 is 1.37 bits per heavy atom. The summed E-state index contributed by atoms with van der Waals surface area (Å²) in [7, 11) is 0. The van der Waals surface area contributed by atoms with Gasteiger partial charge < -0.3 is 5.73 Å². The van der Waals surface area contributed by atoms with E-state index in [1.165, 1.54) is 17.4 Å². The first-order chi connectivity index (χ1) is 8.91. The Hall–Kier alpha value is -1.40. The molecular weight excluding hydrogens is 273 g/mol. The second-order valence-electron chi connectivity index (χ2n) is 4.29. The van der Waals surface area contributed by atoms with Crippen LogP contribution in [-0.2, 0) is 6.18 Å². The van der Waals surface area contributed by atoms with Gasteiger partial charge >= 0.3 is 6.18 Å². The molecule has 1 aromatic heterocycles. The van der Waals surface area contributed by atoms with Gasteiger partial charge in [-0.3, -0.25) is 0 Å². The molecule has 0 bridgehead atoms. The van der Waals surface area contributed by atoms with Crippen molar-refractivity contribution >= 4 is 11.3 Å². The Kier molecular flexibility index (Phi) is 3.91. The summed E-state index contributed by atoms with van der Waals surface area (Å²) < 4.78 is 37.9. The zero-order chi connectivity index (χ0) is 14.0. The molecule has 2 N–H and O–H groups in total. The smallest absolute Gasteiger partial charge is 0.330 e. The zero-order valence-electron chi connectivity index (χ0n) is 10.2. The van der Waals surface area contributed by atoms with Crippen molar-refractivity contribution < 1.29 is 13.2 Å². The van der Waals surface area contributed by atoms with Crippen molar-refractivity contribution in [1.82, 2.24) is 4.98 Å². The molecule has 0 aliphatic heterocycles. The average molecular weight is 286 g/mol. The first-order valence-corrected chi connectivity index (χ1v) is 6.63. The van der Waals surface area contributed by atoms with E-state index in [0.717, 1.165) is 17.8 Å². The molecular formula is C13H13F3N2S. The maximum atomic E-state index is 12.6. The van der Waals surface area contributed by atoms with Gasteiger partial charge in [0.15, 0.2) is 0 Å². The molecule has 2 nitrogen and oxygen atoms in total. The molecule has 0 amide bonds. The molecule has 1 atom stereocenters. The number of alkyl halides is 3. The van der Waals surface area contributed by atoms with Crippen LogP contribution in [0.2, 0.25) is 0 Å². The van der Waals surface area contributed by atoms with E-state index in [1.807, 2.05) is 12.3 Å². The molecule has 0 radical (unpaired) electrons. The van der Waals surface area contributed by atoms with Crippen LogP contribution in [0.15, 0.2) is 29.6 Å². The van der Waals surface area contributed by atoms with E-state index in [-0.39, 0.29) is 5.92 Å². The van der Waals surface area contributed by atoms with E-state index in [0.29, 0.717) is 17.1 Å². The molecule has 0 aliphatic rings. The van der Waals surface area contributed by atoms with Crippen molar-refractivity contribution in [1.29, 1.82) is 0 Å². The van der Waals surface area contributed by atoms with Crippen LogP contribution in [0.1, 0.15) is 24.1 Å². The highest BCUT2D eigenvalue weighted by atomic mass is 32.1. The molecule has 2 rings (SSSR count). The molecule has 0 saturated heterocycles. The molecule has 6 heteroatoms. The zero-order valence-corrected chi connectivity index (χ0v) is 11.1. The van der Waals surface area contributed by atoms with Crippen LogP contribution in [0.5, 0.6) is 0 Å². The largest absolute Gasteiger partial charge is 0.416 e. The number of benzene rings is 1. The van der Waals surface area contributed by atoms with Crippen LogP contribution < -0.4 is 5.73 Å². The van der Waals surface area contributed by atoms with Crippen LogP contribution in [0.25, 0.3) is 10.6 Å². The van der Waals surface area contributed by atoms with E-state index in [1.54, 1.807) is 6.07 Å². The third-order valence-corrected chi connectivity index (χ3v) is 3.73. The predicted molar refractivity (Wildman–Crippen MR) is 70.0 cm³/mol. The molecule has 0 aliphatic carbocycles. The first kappa shape index (κ1) is 14.0. The highest BCUT2D eigenvalue weighted by molar-refractivity contribution is 7.13. The van der Waals surface area contributed by atoms with Gasteiger partial charge in [-0.1, -0.05) is 19.1 Å². The number of hydrogen-bond acceptors (Lipinski definition) is 3. The minimum Gasteiger partial charge on any atom is -0.330 e. The van der Waals surface area contributed by atoms with Gasteiger partial charge in [0.1, 0.15) is 5.01 Å². The van der Waals surface area contributed by atoms with E-state index in [9.17, 15) is 13.2 Å². The van der Waals surface area contributed by atoms with E-state index >= 15 is 0 Å². The van der Waals surface area contributed by atoms with Gasteiger partial charge in [-0.15, -0.1) is 11.3 Å². The average Bonchev–Trinajstić information content (AvgIpc) is 2.86. The first-order valence-electron chi connectivity index (χ1n) is 5.75. The lowest BCUT2D eigenvalue weighted by atomic mass is 10.1. The maximum absolute atomic E-state index is 12.6. The summed E-state index contributed by atoms with van der Waals surface area (Å²) in [5.74, 6) is 0.107. The standard InChI is InChI=1S/C13H13F3N2S/c1-8(6-17)11-7-19-12(18-11)9-3-2-4-10(5-9)13(14,15)16/h2-5,7-8H,6,17H2,1H3. The van der Waals surface area contributed by atoms with Crippen LogP contribution in [0.4, 0.5) is 13.2 Å². The molecule has 19 heavy (non-hydrogen) atoms. The fourth-order valence-electron chi connectivity index (χ4n) is 1.59. The van der Waals surface area contributed by atoms with Crippen molar-refractivity contribution in [2.75, 3.05) is 6.54 Å². The van der Waals surface area contributed by atoms with Crippen molar-refractivity contribution in [3.8, 4) is 10.6 Å². The molecule has 102 valence electrons. The lowest BCUT2D eigenvalue weighted by Crippen LogP contribution is -2.09. The Morgan fingerprint density at radius 3 is 2.74 bits per heavy atom. The number of rotatable bonds is 3. The lowest BCUT2D eigenvalue weighted by Gasteiger charge is -2.07. The Morgan fingerprint density at radius 2 is 2.11 bits per heavy atom. The summed E-state index contributed by atoms with van der Waals surface area (Å²) in [6.07, 6.45) is -4.33. The van der Waals surface area contributed by atoms with Crippen LogP contribution in [0.3, 0.4) is 0 Å². The van der Waals surface area contributed by atoms with Gasteiger partial charge in [-0.25, -0.2) is 4.98 Å². The second kappa shape index (κ2) is 5.30. The minimum atomic E-state index is -4.33. The monoisotopic (exact) mass is 286 g/mol. The van der Waals surface area contributed by atoms with E-state index in [4.69, 9.17) is 5.73 Å². The molecule has 1 heterocycles. The number of nitrogens with zero attached hydrogens (tertiary/aromatic N) is 1. The third kappa shape index (κ3) is 3.13. The lowest BCUT2D eigenvalue weighted by molar-refractivity contribution is -0.137. The van der Waals surface area contributed by atoms with Crippen LogP contribution in [0, 0.1) is 0 Å². The number of aromatic nitrogens is 1. The minimum absolute atomic E-state index is 0.107. The molecule has 1 unspecified atom stereocenters. The topological polar surface area (TPSA) is 38.9 Å². The summed E-state index contributed by atoms with van der Waals surface area (Å²) >= 11 is 1.33. The van der Waals surface area contributed by atoms with Gasteiger partial charge in [0.05, 0.1) is 11.3 Å². The molecule has 2 aromatic rings. The SMILES string of the molecule is CC(CN)c1csc(-c2cccc(C(F)(F)F)c2)n1. The number of hydrogen-bond donors (Lipinski definition) is 1. The molecule has 1 aromatic carbocycles. The van der Waals surface area contributed by atoms with Gasteiger partial charge in [-0.2, -0.15) is 13.2 Å². The number of nitrogens with two attached hydrogens (primary N) is 1. The Labute approximate surface area is 113 Å². The molecule has 0 fully saturated rings. The van der Waals surface area contributed by atoms with E-state index < -0.39 is 11.7 Å². The highest BCUT2D eigenvalue weighted by Crippen LogP contribution is 2.33. The summed E-state index contributed by atoms with van der Waals surface area (Å²) in [6.45, 7) is 2.40. The predicted octanol–water partition coefficient (Wildman–Crippen LogP) is 3.89. The normalized spacial score (nSPS) is 13.5. The molecule has 0 saturated carbocycles. The van der Waals surface area contributed by atoms with Crippen LogP contribution in [-0.4, -0.2) is 11.5 Å². The van der Waals surface area contributed by atoms with Crippen molar-refractivity contribution in [3.63, 3.8) is 0 Å². The number of halogens is 3. The summed E-state index contributed by atoms with van der Waals surface area (Å²) in [5, 5.41) is 2.43. The maximum Gasteiger partial charge on any atom is 0.416 e. The van der Waals surface area contributed by atoms with Gasteiger partial charge in [-0.05, 0) is 12.1 Å². The van der Waals surface area contributed by atoms with Gasteiger partial charge in [0.2, 0.25) is 0 Å². The molecule has 0 spiro atoms. The van der Waals surface area contributed by atoms with Crippen molar-refractivity contribution in [2.24, 2.45) is 5.73 Å². The third-order valence-electron chi connectivity index (χ3n) is 2.82. The summed E-state index contributed by atoms with van der Waals surface area (Å²) in [5.41, 5.74) is 6.19. The number of thiazole rings is 1. The second-order valence-corrected chi connectivity index (χ2v) is 5.15. The summed E-state index contributed by atoms with van der Waals surface area (Å²) in [4.78, 5) is 4.35. The van der Waals surface area contributed by atoms with Crippen molar-refractivity contribution in [3.05, 3.63) is 40.9 Å². The highest BCUT2D eigenvalue weighted by Gasteiger charge is 2.30.